The molecule has 60 heavy (non-hydrogen) atoms. The number of amides is 1. The van der Waals surface area contributed by atoms with E-state index >= 15 is 0 Å². The third-order valence-corrected chi connectivity index (χ3v) is 12.0. The lowest BCUT2D eigenvalue weighted by Gasteiger charge is -2.40. The molecule has 0 saturated carbocycles. The third kappa shape index (κ3) is 31.3. The molecule has 1 aliphatic rings. The Morgan fingerprint density at radius 3 is 1.43 bits per heavy atom. The van der Waals surface area contributed by atoms with Crippen molar-refractivity contribution >= 4 is 5.91 Å². The molecule has 352 valence electrons. The maximum atomic E-state index is 13.0. The molecule has 1 rings (SSSR count). The van der Waals surface area contributed by atoms with Crippen LogP contribution >= 0.6 is 0 Å². The van der Waals surface area contributed by atoms with Gasteiger partial charge in [-0.3, -0.25) is 4.79 Å². The quantitative estimate of drug-likeness (QED) is 0.0263. The lowest BCUT2D eigenvalue weighted by molar-refractivity contribution is -0.302. The zero-order valence-corrected chi connectivity index (χ0v) is 38.7. The summed E-state index contributed by atoms with van der Waals surface area (Å²) in [5, 5.41) is 54.1. The Hall–Kier alpha value is -1.59. The second kappa shape index (κ2) is 41.4. The van der Waals surface area contributed by atoms with Crippen molar-refractivity contribution in [1.29, 1.82) is 0 Å². The number of carbonyl (C=O) groups excluding carboxylic acids is 1. The standard InChI is InChI=1S/C51H95NO8/c1-3-5-7-9-11-13-15-16-17-18-19-20-21-22-23-24-25-26-27-28-29-30-31-33-35-37-39-41-47(55)52-44(43-59-51-50(58)49(57)48(56)46(42-53)60-51)45(54)40-38-36-34-32-14-12-10-8-6-4-2/h15-16,18-19,38,40,44-46,48-51,53-54,56-58H,3-14,17,20-37,39,41-43H2,1-2H3,(H,52,55)/b16-15-,19-18-,40-38+. The zero-order chi connectivity index (χ0) is 43.7. The van der Waals surface area contributed by atoms with Crippen LogP contribution in [-0.4, -0.2) is 87.5 Å². The molecule has 0 spiro atoms. The number of hydrogen-bond acceptors (Lipinski definition) is 8. The Bertz CT molecular complexity index is 1030. The number of aliphatic hydroxyl groups excluding tert-OH is 5. The number of nitrogens with one attached hydrogen (secondary N) is 1. The Kier molecular flexibility index (Phi) is 39.0. The Balaban J connectivity index is 2.18. The average molecular weight is 850 g/mol. The highest BCUT2D eigenvalue weighted by Crippen LogP contribution is 2.23. The minimum atomic E-state index is -1.56. The fraction of sp³-hybridized carbons (Fsp3) is 0.863. The number of carbonyl (C=O) groups is 1. The predicted octanol–water partition coefficient (Wildman–Crippen LogP) is 11.2. The molecule has 1 fully saturated rings. The van der Waals surface area contributed by atoms with E-state index in [2.05, 4.69) is 43.5 Å². The van der Waals surface area contributed by atoms with Gasteiger partial charge in [-0.1, -0.05) is 204 Å². The molecule has 0 radical (unpaired) electrons. The number of aliphatic hydroxyl groups is 5. The Labute approximate surface area is 368 Å². The molecule has 7 atom stereocenters. The van der Waals surface area contributed by atoms with Crippen molar-refractivity contribution < 1.29 is 39.8 Å². The van der Waals surface area contributed by atoms with Crippen molar-refractivity contribution in [3.05, 3.63) is 36.5 Å². The van der Waals surface area contributed by atoms with Crippen LogP contribution in [0.15, 0.2) is 36.5 Å². The summed E-state index contributed by atoms with van der Waals surface area (Å²) in [7, 11) is 0. The number of rotatable bonds is 42. The molecular formula is C51H95NO8. The molecule has 1 amide bonds. The molecule has 0 aromatic rings. The minimum absolute atomic E-state index is 0.178. The molecule has 1 aliphatic heterocycles. The van der Waals surface area contributed by atoms with Crippen LogP contribution in [0.25, 0.3) is 0 Å². The SMILES string of the molecule is CCCCCCC/C=C\C/C=C\CCCCCCCCCCCCCCCCCC(=O)NC(COC1OC(CO)C(O)C(O)C1O)C(O)/C=C/CCCCCCCCCC. The van der Waals surface area contributed by atoms with E-state index in [-0.39, 0.29) is 12.5 Å². The highest BCUT2D eigenvalue weighted by molar-refractivity contribution is 5.76. The van der Waals surface area contributed by atoms with Crippen LogP contribution in [0.3, 0.4) is 0 Å². The number of hydrogen-bond donors (Lipinski definition) is 6. The molecule has 0 bridgehead atoms. The van der Waals surface area contributed by atoms with Gasteiger partial charge in [-0.25, -0.2) is 0 Å². The zero-order valence-electron chi connectivity index (χ0n) is 38.7. The van der Waals surface area contributed by atoms with E-state index in [1.54, 1.807) is 6.08 Å². The van der Waals surface area contributed by atoms with E-state index in [0.29, 0.717) is 6.42 Å². The van der Waals surface area contributed by atoms with E-state index in [4.69, 9.17) is 9.47 Å². The summed E-state index contributed by atoms with van der Waals surface area (Å²) in [6.45, 7) is 3.74. The molecule has 0 aromatic heterocycles. The van der Waals surface area contributed by atoms with Gasteiger partial charge >= 0.3 is 0 Å². The van der Waals surface area contributed by atoms with Crippen molar-refractivity contribution in [2.45, 2.75) is 269 Å². The minimum Gasteiger partial charge on any atom is -0.394 e. The van der Waals surface area contributed by atoms with E-state index in [1.165, 1.54) is 161 Å². The van der Waals surface area contributed by atoms with Crippen LogP contribution in [0.4, 0.5) is 0 Å². The molecule has 0 aliphatic carbocycles. The molecule has 9 heteroatoms. The summed E-state index contributed by atoms with van der Waals surface area (Å²) in [6.07, 6.45) is 44.9. The fourth-order valence-electron chi connectivity index (χ4n) is 7.89. The molecule has 6 N–H and O–H groups in total. The highest BCUT2D eigenvalue weighted by atomic mass is 16.7. The summed E-state index contributed by atoms with van der Waals surface area (Å²) in [6, 6.07) is -0.801. The Morgan fingerprint density at radius 1 is 0.567 bits per heavy atom. The van der Waals surface area contributed by atoms with Gasteiger partial charge in [0.2, 0.25) is 5.91 Å². The molecule has 1 saturated heterocycles. The van der Waals surface area contributed by atoms with Crippen LogP contribution in [0.2, 0.25) is 0 Å². The first-order valence-corrected chi connectivity index (χ1v) is 25.2. The third-order valence-electron chi connectivity index (χ3n) is 12.0. The summed E-state index contributed by atoms with van der Waals surface area (Å²) in [5.74, 6) is -0.178. The second-order valence-corrected chi connectivity index (χ2v) is 17.6. The summed E-state index contributed by atoms with van der Waals surface area (Å²) in [5.41, 5.74) is 0. The van der Waals surface area contributed by atoms with Gasteiger partial charge in [0.1, 0.15) is 24.4 Å². The first kappa shape index (κ1) is 56.4. The van der Waals surface area contributed by atoms with Crippen molar-refractivity contribution in [2.75, 3.05) is 13.2 Å². The number of allylic oxidation sites excluding steroid dienone is 5. The van der Waals surface area contributed by atoms with Gasteiger partial charge in [0.15, 0.2) is 6.29 Å². The molecule has 7 unspecified atom stereocenters. The summed E-state index contributed by atoms with van der Waals surface area (Å²) >= 11 is 0. The Morgan fingerprint density at radius 2 is 0.983 bits per heavy atom. The van der Waals surface area contributed by atoms with Crippen LogP contribution in [-0.2, 0) is 14.3 Å². The predicted molar refractivity (Wildman–Crippen MR) is 249 cm³/mol. The van der Waals surface area contributed by atoms with Gasteiger partial charge in [0, 0.05) is 6.42 Å². The highest BCUT2D eigenvalue weighted by Gasteiger charge is 2.44. The van der Waals surface area contributed by atoms with Gasteiger partial charge in [0.25, 0.3) is 0 Å². The average Bonchev–Trinajstić information content (AvgIpc) is 3.25. The molecule has 0 aromatic carbocycles. The van der Waals surface area contributed by atoms with Crippen molar-refractivity contribution in [3.63, 3.8) is 0 Å². The normalized spacial score (nSPS) is 20.8. The maximum absolute atomic E-state index is 13.0. The number of unbranched alkanes of at least 4 members (excludes halogenated alkanes) is 28. The van der Waals surface area contributed by atoms with Crippen LogP contribution in [0, 0.1) is 0 Å². The number of ether oxygens (including phenoxy) is 2. The van der Waals surface area contributed by atoms with Gasteiger partial charge in [0.05, 0.1) is 25.4 Å². The van der Waals surface area contributed by atoms with Gasteiger partial charge in [-0.15, -0.1) is 0 Å². The summed E-state index contributed by atoms with van der Waals surface area (Å²) in [4.78, 5) is 13.0. The fourth-order valence-corrected chi connectivity index (χ4v) is 7.89. The van der Waals surface area contributed by atoms with Crippen molar-refractivity contribution in [3.8, 4) is 0 Å². The molecular weight excluding hydrogens is 755 g/mol. The first-order chi connectivity index (χ1) is 29.3. The van der Waals surface area contributed by atoms with Gasteiger partial charge in [-0.05, 0) is 51.4 Å². The van der Waals surface area contributed by atoms with E-state index in [0.717, 1.165) is 44.9 Å². The van der Waals surface area contributed by atoms with E-state index in [1.807, 2.05) is 6.08 Å². The van der Waals surface area contributed by atoms with Crippen molar-refractivity contribution in [2.24, 2.45) is 0 Å². The van der Waals surface area contributed by atoms with Crippen LogP contribution < -0.4 is 5.32 Å². The van der Waals surface area contributed by atoms with Gasteiger partial charge < -0.3 is 40.3 Å². The van der Waals surface area contributed by atoms with E-state index < -0.39 is 49.5 Å². The smallest absolute Gasteiger partial charge is 0.220 e. The largest absolute Gasteiger partial charge is 0.394 e. The maximum Gasteiger partial charge on any atom is 0.220 e. The lowest BCUT2D eigenvalue weighted by Crippen LogP contribution is -2.60. The van der Waals surface area contributed by atoms with Gasteiger partial charge in [-0.2, -0.15) is 0 Å². The monoisotopic (exact) mass is 850 g/mol. The summed E-state index contributed by atoms with van der Waals surface area (Å²) < 4.78 is 11.2. The van der Waals surface area contributed by atoms with E-state index in [9.17, 15) is 30.3 Å². The lowest BCUT2D eigenvalue weighted by atomic mass is 9.99. The van der Waals surface area contributed by atoms with Crippen molar-refractivity contribution in [1.82, 2.24) is 5.32 Å². The first-order valence-electron chi connectivity index (χ1n) is 25.2. The second-order valence-electron chi connectivity index (χ2n) is 17.6. The molecule has 9 nitrogen and oxygen atoms in total. The van der Waals surface area contributed by atoms with Crippen LogP contribution in [0.1, 0.15) is 226 Å². The van der Waals surface area contributed by atoms with Crippen LogP contribution in [0.5, 0.6) is 0 Å². The molecule has 1 heterocycles. The topological polar surface area (TPSA) is 149 Å².